The highest BCUT2D eigenvalue weighted by Crippen LogP contribution is 2.47. The van der Waals surface area contributed by atoms with Crippen LogP contribution in [0.15, 0.2) is 146 Å². The Balaban J connectivity index is 1.33. The zero-order valence-corrected chi connectivity index (χ0v) is 57.0. The molecule has 0 atom stereocenters. The van der Waals surface area contributed by atoms with E-state index in [1.807, 2.05) is 0 Å². The SMILES string of the molecule is CC(C)(C)c1cc(C(=O)O)c(C(=O)Nc2ccc(C(c3ccc(NC(=O)c4cc(C(=O)O)c(C(C)(C)C)cc4OC=O)cc3)(c3ccc(NC(=O)c4cc(OC=O)c(C(C)(C)C)cc4C(=O)O)cc3)c3ccc(NC(=O)c4cc(OC=O)c(C(C)(C)C)cc4C(=O)O)cc3)cc2)cc1OC=O. The summed E-state index contributed by atoms with van der Waals surface area (Å²) >= 11 is 0. The second kappa shape index (κ2) is 29.2. The Hall–Kier alpha value is -12.6. The highest BCUT2D eigenvalue weighted by molar-refractivity contribution is 6.14. The molecule has 0 radical (unpaired) electrons. The second-order valence-corrected chi connectivity index (χ2v) is 27.5. The predicted molar refractivity (Wildman–Crippen MR) is 372 cm³/mol. The summed E-state index contributed by atoms with van der Waals surface area (Å²) in [5, 5.41) is 52.5. The molecule has 101 heavy (non-hydrogen) atoms. The lowest BCUT2D eigenvalue weighted by molar-refractivity contribution is -0.121. The Labute approximate surface area is 579 Å². The van der Waals surface area contributed by atoms with Gasteiger partial charge < -0.3 is 60.6 Å². The molecule has 8 aromatic carbocycles. The molecule has 0 heterocycles. The lowest BCUT2D eigenvalue weighted by atomic mass is 9.65. The van der Waals surface area contributed by atoms with Gasteiger partial charge in [-0.05, 0) is 147 Å². The lowest BCUT2D eigenvalue weighted by Crippen LogP contribution is -2.31. The largest absolute Gasteiger partial charge is 0.478 e. The first-order valence-corrected chi connectivity index (χ1v) is 31.1. The van der Waals surface area contributed by atoms with Crippen molar-refractivity contribution >= 4 is 96.1 Å². The van der Waals surface area contributed by atoms with Gasteiger partial charge in [0.25, 0.3) is 49.5 Å². The fraction of sp³-hybridized carbons (Fsp3) is 0.221. The molecule has 0 fully saturated rings. The number of ether oxygens (including phenoxy) is 4. The van der Waals surface area contributed by atoms with Crippen LogP contribution in [-0.4, -0.2) is 93.8 Å². The number of aromatic carboxylic acids is 4. The topological polar surface area (TPSA) is 371 Å². The van der Waals surface area contributed by atoms with Crippen LogP contribution in [0.4, 0.5) is 22.7 Å². The van der Waals surface area contributed by atoms with E-state index in [9.17, 15) is 78.0 Å². The standard InChI is InChI=1S/C77H72N4O20/c1-73(2,3)57-36-61(98-37-82)56(29-55(57)72(96)97)68(89)81-48-27-19-44(20-28-48)77(41-13-21-45(22-14-41)78-65(86)49-33-62(99-38-83)58(74(4,5)6)30-52(49)69(90)91,42-15-23-46(24-16-42)79-66(87)50-34-63(100-39-84)59(75(7,8)9)31-53(50)70(92)93)43-17-25-47(26-18-43)80-67(88)51-35-64(101-40-85)60(76(10,11)12)32-54(51)71(94)95/h13-40H,1-12H3,(H,78,86)(H,79,87)(H,80,88)(H,81,89)(H,90,91)(H,92,93)(H,94,95)(H,96,97). The minimum Gasteiger partial charge on any atom is -0.478 e. The fourth-order valence-corrected chi connectivity index (χ4v) is 11.8. The van der Waals surface area contributed by atoms with Crippen molar-refractivity contribution in [2.24, 2.45) is 0 Å². The van der Waals surface area contributed by atoms with Crippen molar-refractivity contribution in [2.75, 3.05) is 21.3 Å². The van der Waals surface area contributed by atoms with Gasteiger partial charge >= 0.3 is 23.9 Å². The summed E-state index contributed by atoms with van der Waals surface area (Å²) in [6.07, 6.45) is 0. The zero-order valence-electron chi connectivity index (χ0n) is 57.0. The van der Waals surface area contributed by atoms with E-state index in [0.717, 1.165) is 24.3 Å². The Bertz CT molecular complexity index is 4310. The van der Waals surface area contributed by atoms with Crippen LogP contribution in [0.2, 0.25) is 0 Å². The number of anilines is 4. The maximum Gasteiger partial charge on any atom is 0.336 e. The lowest BCUT2D eigenvalue weighted by Gasteiger charge is -2.37. The summed E-state index contributed by atoms with van der Waals surface area (Å²) in [4.78, 5) is 155. The van der Waals surface area contributed by atoms with Gasteiger partial charge in [0, 0.05) is 39.4 Å². The number of carboxylic acid groups (broad SMARTS) is 4. The van der Waals surface area contributed by atoms with Gasteiger partial charge in [0.2, 0.25) is 0 Å². The van der Waals surface area contributed by atoms with Gasteiger partial charge in [-0.25, -0.2) is 19.2 Å². The molecule has 8 N–H and O–H groups in total. The molecule has 0 spiro atoms. The Kier molecular flexibility index (Phi) is 21.5. The number of carbonyl (C=O) groups is 12. The molecule has 520 valence electrons. The van der Waals surface area contributed by atoms with Gasteiger partial charge in [-0.2, -0.15) is 0 Å². The molecular formula is C77H72N4O20. The van der Waals surface area contributed by atoms with E-state index in [2.05, 4.69) is 21.3 Å². The quantitative estimate of drug-likeness (QED) is 0.0206. The molecule has 0 saturated carbocycles. The maximum atomic E-state index is 14.3. The van der Waals surface area contributed by atoms with E-state index < -0.39 is 91.3 Å². The summed E-state index contributed by atoms with van der Waals surface area (Å²) < 4.78 is 21.0. The first-order chi connectivity index (χ1) is 47.4. The molecule has 8 rings (SSSR count). The predicted octanol–water partition coefficient (Wildman–Crippen LogP) is 13.2. The molecule has 24 heteroatoms. The molecular weight excluding hydrogens is 1300 g/mol. The van der Waals surface area contributed by atoms with Gasteiger partial charge in [0.15, 0.2) is 0 Å². The van der Waals surface area contributed by atoms with Gasteiger partial charge in [-0.1, -0.05) is 132 Å². The van der Waals surface area contributed by atoms with Crippen molar-refractivity contribution in [3.05, 3.63) is 235 Å². The second-order valence-electron chi connectivity index (χ2n) is 27.5. The number of nitrogens with one attached hydrogen (secondary N) is 4. The minimum absolute atomic E-state index is 0.0560. The monoisotopic (exact) mass is 1370 g/mol. The molecule has 0 bridgehead atoms. The van der Waals surface area contributed by atoms with Gasteiger partial charge in [0.05, 0.1) is 49.9 Å². The number of hydrogen-bond donors (Lipinski definition) is 8. The van der Waals surface area contributed by atoms with Gasteiger partial charge in [-0.15, -0.1) is 0 Å². The molecule has 0 aliphatic rings. The molecule has 4 amide bonds. The number of amides is 4. The average Bonchev–Trinajstić information content (AvgIpc) is 0.736. The normalized spacial score (nSPS) is 11.6. The Morgan fingerprint density at radius 2 is 0.505 bits per heavy atom. The van der Waals surface area contributed by atoms with Crippen LogP contribution in [0.1, 0.15) is 210 Å². The van der Waals surface area contributed by atoms with Crippen LogP contribution < -0.4 is 40.2 Å². The summed E-state index contributed by atoms with van der Waals surface area (Å²) in [6, 6.07) is 34.9. The zero-order chi connectivity index (χ0) is 74.4. The van der Waals surface area contributed by atoms with Crippen molar-refractivity contribution in [1.29, 1.82) is 0 Å². The van der Waals surface area contributed by atoms with Crippen molar-refractivity contribution in [1.82, 2.24) is 0 Å². The average molecular weight is 1370 g/mol. The Morgan fingerprint density at radius 1 is 0.277 bits per heavy atom. The number of carbonyl (C=O) groups excluding carboxylic acids is 8. The third-order valence-electron chi connectivity index (χ3n) is 16.6. The minimum atomic E-state index is -1.60. The van der Waals surface area contributed by atoms with Crippen LogP contribution in [0.5, 0.6) is 23.0 Å². The highest BCUT2D eigenvalue weighted by Gasteiger charge is 2.40. The van der Waals surface area contributed by atoms with Crippen molar-refractivity contribution < 1.29 is 96.9 Å². The van der Waals surface area contributed by atoms with Crippen molar-refractivity contribution in [3.63, 3.8) is 0 Å². The van der Waals surface area contributed by atoms with Crippen molar-refractivity contribution in [2.45, 2.75) is 110 Å². The van der Waals surface area contributed by atoms with Crippen LogP contribution in [0.25, 0.3) is 0 Å². The molecule has 0 unspecified atom stereocenters. The third kappa shape index (κ3) is 16.0. The molecule has 0 aliphatic carbocycles. The molecule has 8 aromatic rings. The number of rotatable bonds is 24. The summed E-state index contributed by atoms with van der Waals surface area (Å²) in [6.45, 7) is 21.7. The van der Waals surface area contributed by atoms with E-state index in [1.54, 1.807) is 132 Å². The van der Waals surface area contributed by atoms with Crippen molar-refractivity contribution in [3.8, 4) is 23.0 Å². The first-order valence-electron chi connectivity index (χ1n) is 31.1. The molecule has 24 nitrogen and oxygen atoms in total. The number of benzene rings is 8. The number of carboxylic acids is 4. The third-order valence-corrected chi connectivity index (χ3v) is 16.6. The van der Waals surface area contributed by atoms with Gasteiger partial charge in [0.1, 0.15) is 23.0 Å². The van der Waals surface area contributed by atoms with E-state index in [0.29, 0.717) is 38.9 Å². The maximum absolute atomic E-state index is 14.3. The van der Waals surface area contributed by atoms with Crippen LogP contribution in [-0.2, 0) is 46.3 Å². The fourth-order valence-electron chi connectivity index (χ4n) is 11.8. The highest BCUT2D eigenvalue weighted by atomic mass is 16.5. The molecule has 0 aliphatic heterocycles. The van der Waals surface area contributed by atoms with E-state index in [4.69, 9.17) is 18.9 Å². The van der Waals surface area contributed by atoms with Crippen LogP contribution >= 0.6 is 0 Å². The van der Waals surface area contributed by atoms with E-state index in [-0.39, 0.29) is 105 Å². The summed E-state index contributed by atoms with van der Waals surface area (Å²) in [5.41, 5.74) is -3.90. The molecule has 0 saturated heterocycles. The number of hydrogen-bond acceptors (Lipinski definition) is 16. The van der Waals surface area contributed by atoms with Crippen LogP contribution in [0, 0.1) is 0 Å². The smallest absolute Gasteiger partial charge is 0.336 e. The van der Waals surface area contributed by atoms with Gasteiger partial charge in [-0.3, -0.25) is 38.4 Å². The first kappa shape index (κ1) is 74.2. The summed E-state index contributed by atoms with van der Waals surface area (Å²) in [7, 11) is 0. The van der Waals surface area contributed by atoms with E-state index in [1.165, 1.54) is 72.8 Å². The van der Waals surface area contributed by atoms with E-state index >= 15 is 0 Å². The molecule has 0 aromatic heterocycles. The summed E-state index contributed by atoms with van der Waals surface area (Å²) in [5.74, 6) is -9.67. The van der Waals surface area contributed by atoms with Crippen LogP contribution in [0.3, 0.4) is 0 Å². The Morgan fingerprint density at radius 3 is 0.723 bits per heavy atom.